The van der Waals surface area contributed by atoms with Crippen molar-refractivity contribution >= 4 is 5.69 Å². The third kappa shape index (κ3) is 1.69. The van der Waals surface area contributed by atoms with Gasteiger partial charge in [0, 0.05) is 23.5 Å². The fourth-order valence-corrected chi connectivity index (χ4v) is 1.57. The number of nitrogen functional groups attached to an aromatic ring is 1. The van der Waals surface area contributed by atoms with Gasteiger partial charge in [-0.15, -0.1) is 0 Å². The van der Waals surface area contributed by atoms with E-state index in [1.54, 1.807) is 25.7 Å². The van der Waals surface area contributed by atoms with Crippen LogP contribution in [0.15, 0.2) is 30.7 Å². The SMILES string of the molecule is COc1ncccc1-c1cncc(N)c1C. The molecule has 4 heteroatoms. The van der Waals surface area contributed by atoms with Crippen molar-refractivity contribution in [2.75, 3.05) is 12.8 Å². The largest absolute Gasteiger partial charge is 0.481 e. The Hall–Kier alpha value is -2.10. The molecule has 0 radical (unpaired) electrons. The van der Waals surface area contributed by atoms with Crippen LogP contribution in [-0.4, -0.2) is 17.1 Å². The highest BCUT2D eigenvalue weighted by molar-refractivity contribution is 5.74. The molecule has 0 saturated heterocycles. The zero-order valence-electron chi connectivity index (χ0n) is 9.27. The van der Waals surface area contributed by atoms with Crippen LogP contribution in [0.5, 0.6) is 5.88 Å². The van der Waals surface area contributed by atoms with Crippen molar-refractivity contribution in [1.29, 1.82) is 0 Å². The normalized spacial score (nSPS) is 10.1. The van der Waals surface area contributed by atoms with Crippen molar-refractivity contribution in [3.05, 3.63) is 36.3 Å². The van der Waals surface area contributed by atoms with Gasteiger partial charge < -0.3 is 10.5 Å². The predicted molar refractivity (Wildman–Crippen MR) is 63.2 cm³/mol. The second kappa shape index (κ2) is 4.18. The number of nitrogens with two attached hydrogens (primary N) is 1. The molecule has 0 spiro atoms. The first-order valence-corrected chi connectivity index (χ1v) is 4.93. The molecule has 2 aromatic heterocycles. The van der Waals surface area contributed by atoms with Crippen molar-refractivity contribution in [1.82, 2.24) is 9.97 Å². The number of hydrogen-bond acceptors (Lipinski definition) is 4. The van der Waals surface area contributed by atoms with E-state index >= 15 is 0 Å². The van der Waals surface area contributed by atoms with Gasteiger partial charge in [0.15, 0.2) is 0 Å². The Balaban J connectivity index is 2.63. The molecule has 0 aliphatic heterocycles. The van der Waals surface area contributed by atoms with Crippen molar-refractivity contribution in [3.8, 4) is 17.0 Å². The lowest BCUT2D eigenvalue weighted by Gasteiger charge is -2.10. The summed E-state index contributed by atoms with van der Waals surface area (Å²) in [5, 5.41) is 0. The van der Waals surface area contributed by atoms with Gasteiger partial charge in [-0.3, -0.25) is 4.98 Å². The number of methoxy groups -OCH3 is 1. The molecule has 82 valence electrons. The van der Waals surface area contributed by atoms with E-state index in [9.17, 15) is 0 Å². The third-order valence-corrected chi connectivity index (χ3v) is 2.51. The molecule has 0 fully saturated rings. The molecule has 2 rings (SSSR count). The third-order valence-electron chi connectivity index (χ3n) is 2.51. The maximum absolute atomic E-state index is 5.83. The summed E-state index contributed by atoms with van der Waals surface area (Å²) in [7, 11) is 1.60. The molecule has 0 aliphatic carbocycles. The van der Waals surface area contributed by atoms with Crippen LogP contribution in [0.2, 0.25) is 0 Å². The first-order valence-electron chi connectivity index (χ1n) is 4.93. The lowest BCUT2D eigenvalue weighted by atomic mass is 10.0. The maximum atomic E-state index is 5.83. The topological polar surface area (TPSA) is 61.0 Å². The van der Waals surface area contributed by atoms with Gasteiger partial charge in [-0.2, -0.15) is 0 Å². The molecule has 16 heavy (non-hydrogen) atoms. The van der Waals surface area contributed by atoms with Crippen LogP contribution in [0.25, 0.3) is 11.1 Å². The van der Waals surface area contributed by atoms with E-state index < -0.39 is 0 Å². The van der Waals surface area contributed by atoms with Gasteiger partial charge in [0.1, 0.15) is 0 Å². The van der Waals surface area contributed by atoms with Crippen LogP contribution in [0, 0.1) is 6.92 Å². The number of ether oxygens (including phenoxy) is 1. The van der Waals surface area contributed by atoms with Crippen molar-refractivity contribution < 1.29 is 4.74 Å². The average molecular weight is 215 g/mol. The molecular formula is C12H13N3O. The van der Waals surface area contributed by atoms with Gasteiger partial charge in [0.05, 0.1) is 19.0 Å². The van der Waals surface area contributed by atoms with Gasteiger partial charge in [-0.1, -0.05) is 0 Å². The van der Waals surface area contributed by atoms with Crippen molar-refractivity contribution in [2.24, 2.45) is 0 Å². The summed E-state index contributed by atoms with van der Waals surface area (Å²) >= 11 is 0. The number of rotatable bonds is 2. The lowest BCUT2D eigenvalue weighted by Crippen LogP contribution is -1.96. The first kappa shape index (κ1) is 10.4. The molecular weight excluding hydrogens is 202 g/mol. The van der Waals surface area contributed by atoms with E-state index in [0.29, 0.717) is 11.6 Å². The Bertz CT molecular complexity index is 511. The summed E-state index contributed by atoms with van der Waals surface area (Å²) in [6.07, 6.45) is 5.10. The molecule has 0 aromatic carbocycles. The number of aromatic nitrogens is 2. The maximum Gasteiger partial charge on any atom is 0.221 e. The summed E-state index contributed by atoms with van der Waals surface area (Å²) in [4.78, 5) is 8.24. The number of anilines is 1. The zero-order valence-corrected chi connectivity index (χ0v) is 9.27. The summed E-state index contributed by atoms with van der Waals surface area (Å²) < 4.78 is 5.21. The standard InChI is InChI=1S/C12H13N3O/c1-8-10(6-14-7-11(8)13)9-4-3-5-15-12(9)16-2/h3-7H,13H2,1-2H3. The van der Waals surface area contributed by atoms with Crippen molar-refractivity contribution in [2.45, 2.75) is 6.92 Å². The monoisotopic (exact) mass is 215 g/mol. The van der Waals surface area contributed by atoms with E-state index in [1.165, 1.54) is 0 Å². The molecule has 0 unspecified atom stereocenters. The Morgan fingerprint density at radius 2 is 2.06 bits per heavy atom. The second-order valence-corrected chi connectivity index (χ2v) is 3.46. The summed E-state index contributed by atoms with van der Waals surface area (Å²) in [5.41, 5.74) is 9.34. The smallest absolute Gasteiger partial charge is 0.221 e. The molecule has 0 aliphatic rings. The van der Waals surface area contributed by atoms with Crippen LogP contribution in [-0.2, 0) is 0 Å². The number of pyridine rings is 2. The second-order valence-electron chi connectivity index (χ2n) is 3.46. The fraction of sp³-hybridized carbons (Fsp3) is 0.167. The van der Waals surface area contributed by atoms with Crippen LogP contribution in [0.1, 0.15) is 5.56 Å². The number of nitrogens with zero attached hydrogens (tertiary/aromatic N) is 2. The summed E-state index contributed by atoms with van der Waals surface area (Å²) in [5.74, 6) is 0.581. The Morgan fingerprint density at radius 3 is 2.81 bits per heavy atom. The van der Waals surface area contributed by atoms with Crippen LogP contribution >= 0.6 is 0 Å². The van der Waals surface area contributed by atoms with E-state index in [0.717, 1.165) is 16.7 Å². The van der Waals surface area contributed by atoms with Gasteiger partial charge in [-0.25, -0.2) is 4.98 Å². The van der Waals surface area contributed by atoms with E-state index in [4.69, 9.17) is 10.5 Å². The lowest BCUT2D eigenvalue weighted by molar-refractivity contribution is 0.399. The van der Waals surface area contributed by atoms with Crippen LogP contribution < -0.4 is 10.5 Å². The molecule has 0 amide bonds. The molecule has 0 saturated carbocycles. The minimum atomic E-state index is 0.581. The minimum absolute atomic E-state index is 0.581. The molecule has 2 aromatic rings. The highest BCUT2D eigenvalue weighted by Crippen LogP contribution is 2.31. The average Bonchev–Trinajstić information content (AvgIpc) is 2.33. The summed E-state index contributed by atoms with van der Waals surface area (Å²) in [6.45, 7) is 1.96. The molecule has 4 nitrogen and oxygen atoms in total. The van der Waals surface area contributed by atoms with Crippen molar-refractivity contribution in [3.63, 3.8) is 0 Å². The number of hydrogen-bond donors (Lipinski definition) is 1. The minimum Gasteiger partial charge on any atom is -0.481 e. The van der Waals surface area contributed by atoms with Gasteiger partial charge in [0.25, 0.3) is 0 Å². The molecule has 2 N–H and O–H groups in total. The van der Waals surface area contributed by atoms with Crippen LogP contribution in [0.4, 0.5) is 5.69 Å². The highest BCUT2D eigenvalue weighted by Gasteiger charge is 2.10. The zero-order chi connectivity index (χ0) is 11.5. The quantitative estimate of drug-likeness (QED) is 0.832. The Morgan fingerprint density at radius 1 is 1.25 bits per heavy atom. The molecule has 2 heterocycles. The van der Waals surface area contributed by atoms with Gasteiger partial charge in [0.2, 0.25) is 5.88 Å². The molecule has 0 bridgehead atoms. The fourth-order valence-electron chi connectivity index (χ4n) is 1.57. The van der Waals surface area contributed by atoms with E-state index in [2.05, 4.69) is 9.97 Å². The summed E-state index contributed by atoms with van der Waals surface area (Å²) in [6, 6.07) is 3.80. The Kier molecular flexibility index (Phi) is 2.72. The van der Waals surface area contributed by atoms with Gasteiger partial charge >= 0.3 is 0 Å². The molecule has 0 atom stereocenters. The highest BCUT2D eigenvalue weighted by atomic mass is 16.5. The van der Waals surface area contributed by atoms with E-state index in [-0.39, 0.29) is 0 Å². The van der Waals surface area contributed by atoms with Gasteiger partial charge in [-0.05, 0) is 24.6 Å². The van der Waals surface area contributed by atoms with Crippen LogP contribution in [0.3, 0.4) is 0 Å². The first-order chi connectivity index (χ1) is 7.74. The Labute approximate surface area is 94.1 Å². The van der Waals surface area contributed by atoms with E-state index in [1.807, 2.05) is 19.1 Å². The predicted octanol–water partition coefficient (Wildman–Crippen LogP) is 2.04.